The van der Waals surface area contributed by atoms with E-state index in [4.69, 9.17) is 0 Å². The van der Waals surface area contributed by atoms with Gasteiger partial charge in [-0.1, -0.05) is 48.5 Å². The molecule has 0 aliphatic carbocycles. The van der Waals surface area contributed by atoms with Gasteiger partial charge in [0.1, 0.15) is 6.29 Å². The summed E-state index contributed by atoms with van der Waals surface area (Å²) in [6, 6.07) is 16.1. The second kappa shape index (κ2) is 4.96. The van der Waals surface area contributed by atoms with Crippen molar-refractivity contribution in [3.05, 3.63) is 70.8 Å². The molecule has 0 spiro atoms. The quantitative estimate of drug-likeness (QED) is 0.727. The van der Waals surface area contributed by atoms with Crippen molar-refractivity contribution in [1.29, 1.82) is 0 Å². The highest BCUT2D eigenvalue weighted by atomic mass is 16.1. The zero-order valence-corrected chi connectivity index (χ0v) is 10.2. The summed E-state index contributed by atoms with van der Waals surface area (Å²) in [6.45, 7) is 4.16. The van der Waals surface area contributed by atoms with E-state index in [1.807, 2.05) is 36.4 Å². The second-order valence-corrected chi connectivity index (χ2v) is 4.37. The fourth-order valence-electron chi connectivity index (χ4n) is 1.97. The summed E-state index contributed by atoms with van der Waals surface area (Å²) < 4.78 is 0. The van der Waals surface area contributed by atoms with Crippen LogP contribution in [0.1, 0.15) is 28.2 Å². The molecule has 2 rings (SSSR count). The number of carbonyl (C=O) groups excluding carboxylic acids is 1. The summed E-state index contributed by atoms with van der Waals surface area (Å²) in [5.74, 6) is -0.157. The Balaban J connectivity index is 2.42. The zero-order chi connectivity index (χ0) is 12.3. The molecule has 0 heterocycles. The van der Waals surface area contributed by atoms with Crippen molar-refractivity contribution in [3.8, 4) is 0 Å². The van der Waals surface area contributed by atoms with Gasteiger partial charge in [0.15, 0.2) is 0 Å². The Morgan fingerprint density at radius 3 is 2.18 bits per heavy atom. The number of carbonyl (C=O) groups is 1. The van der Waals surface area contributed by atoms with Crippen molar-refractivity contribution < 1.29 is 4.79 Å². The molecule has 0 aromatic heterocycles. The first-order valence-electron chi connectivity index (χ1n) is 5.80. The normalized spacial score (nSPS) is 12.1. The highest BCUT2D eigenvalue weighted by molar-refractivity contribution is 5.68. The largest absolute Gasteiger partial charge is 0.302 e. The molecule has 86 valence electrons. The average molecular weight is 224 g/mol. The number of hydrogen-bond acceptors (Lipinski definition) is 1. The maximum Gasteiger partial charge on any atom is 0.131 e. The Kier molecular flexibility index (Phi) is 3.38. The average Bonchev–Trinajstić information content (AvgIpc) is 2.36. The standard InChI is InChI=1S/C16H16O/c1-12-8-9-15(10-13(12)2)16(11-17)14-6-4-3-5-7-14/h3-11,16H,1-2H3. The molecule has 0 aliphatic heterocycles. The van der Waals surface area contributed by atoms with Gasteiger partial charge < -0.3 is 4.79 Å². The van der Waals surface area contributed by atoms with Gasteiger partial charge in [0, 0.05) is 0 Å². The van der Waals surface area contributed by atoms with Crippen LogP contribution in [0.25, 0.3) is 0 Å². The molecule has 0 fully saturated rings. The number of hydrogen-bond donors (Lipinski definition) is 0. The monoisotopic (exact) mass is 224 g/mol. The Morgan fingerprint density at radius 1 is 0.882 bits per heavy atom. The first-order chi connectivity index (χ1) is 8.22. The van der Waals surface area contributed by atoms with Crippen LogP contribution in [0.3, 0.4) is 0 Å². The molecule has 17 heavy (non-hydrogen) atoms. The van der Waals surface area contributed by atoms with Gasteiger partial charge >= 0.3 is 0 Å². The van der Waals surface area contributed by atoms with Gasteiger partial charge in [-0.05, 0) is 36.1 Å². The van der Waals surface area contributed by atoms with Crippen molar-refractivity contribution in [3.63, 3.8) is 0 Å². The van der Waals surface area contributed by atoms with Crippen molar-refractivity contribution in [2.45, 2.75) is 19.8 Å². The Hall–Kier alpha value is -1.89. The van der Waals surface area contributed by atoms with Crippen LogP contribution in [0, 0.1) is 13.8 Å². The molecule has 2 aromatic rings. The number of aryl methyl sites for hydroxylation is 2. The third-order valence-electron chi connectivity index (χ3n) is 3.18. The van der Waals surface area contributed by atoms with Gasteiger partial charge in [0.25, 0.3) is 0 Å². The van der Waals surface area contributed by atoms with E-state index in [9.17, 15) is 4.79 Å². The van der Waals surface area contributed by atoms with Crippen LogP contribution in [0.15, 0.2) is 48.5 Å². The van der Waals surface area contributed by atoms with E-state index < -0.39 is 0 Å². The van der Waals surface area contributed by atoms with Gasteiger partial charge in [-0.25, -0.2) is 0 Å². The van der Waals surface area contributed by atoms with Gasteiger partial charge in [-0.15, -0.1) is 0 Å². The van der Waals surface area contributed by atoms with Gasteiger partial charge in [0.05, 0.1) is 5.92 Å². The second-order valence-electron chi connectivity index (χ2n) is 4.37. The van der Waals surface area contributed by atoms with E-state index in [1.165, 1.54) is 11.1 Å². The lowest BCUT2D eigenvalue weighted by Crippen LogP contribution is -2.02. The SMILES string of the molecule is Cc1ccc(C(C=O)c2ccccc2)cc1C. The molecule has 0 bridgehead atoms. The third kappa shape index (κ3) is 2.44. The number of rotatable bonds is 3. The van der Waals surface area contributed by atoms with Crippen LogP contribution in [-0.2, 0) is 4.79 Å². The summed E-state index contributed by atoms with van der Waals surface area (Å²) in [5.41, 5.74) is 4.59. The Morgan fingerprint density at radius 2 is 1.59 bits per heavy atom. The van der Waals surface area contributed by atoms with Crippen LogP contribution in [0.2, 0.25) is 0 Å². The molecule has 2 aromatic carbocycles. The Labute approximate surface area is 102 Å². The fourth-order valence-corrected chi connectivity index (χ4v) is 1.97. The molecule has 0 saturated heterocycles. The van der Waals surface area contributed by atoms with E-state index in [2.05, 4.69) is 26.0 Å². The predicted octanol–water partition coefficient (Wildman–Crippen LogP) is 3.63. The molecule has 0 amide bonds. The highest BCUT2D eigenvalue weighted by Crippen LogP contribution is 2.24. The summed E-state index contributed by atoms with van der Waals surface area (Å²) in [5, 5.41) is 0. The lowest BCUT2D eigenvalue weighted by molar-refractivity contribution is -0.108. The minimum Gasteiger partial charge on any atom is -0.302 e. The third-order valence-corrected chi connectivity index (χ3v) is 3.18. The molecule has 1 unspecified atom stereocenters. The summed E-state index contributed by atoms with van der Waals surface area (Å²) in [7, 11) is 0. The van der Waals surface area contributed by atoms with E-state index in [-0.39, 0.29) is 5.92 Å². The van der Waals surface area contributed by atoms with E-state index in [0.29, 0.717) is 0 Å². The maximum atomic E-state index is 11.3. The van der Waals surface area contributed by atoms with Crippen LogP contribution < -0.4 is 0 Å². The maximum absolute atomic E-state index is 11.3. The fraction of sp³-hybridized carbons (Fsp3) is 0.188. The topological polar surface area (TPSA) is 17.1 Å². The molecule has 0 aliphatic rings. The van der Waals surface area contributed by atoms with Crippen LogP contribution in [0.4, 0.5) is 0 Å². The molecule has 1 atom stereocenters. The van der Waals surface area contributed by atoms with Crippen LogP contribution in [-0.4, -0.2) is 6.29 Å². The van der Waals surface area contributed by atoms with Crippen molar-refractivity contribution >= 4 is 6.29 Å². The van der Waals surface area contributed by atoms with Gasteiger partial charge in [-0.3, -0.25) is 0 Å². The van der Waals surface area contributed by atoms with Gasteiger partial charge in [0.2, 0.25) is 0 Å². The summed E-state index contributed by atoms with van der Waals surface area (Å²) >= 11 is 0. The highest BCUT2D eigenvalue weighted by Gasteiger charge is 2.12. The zero-order valence-electron chi connectivity index (χ0n) is 10.2. The minimum atomic E-state index is -0.157. The molecule has 0 saturated carbocycles. The number of benzene rings is 2. The van der Waals surface area contributed by atoms with E-state index in [1.54, 1.807) is 0 Å². The molecule has 1 nitrogen and oxygen atoms in total. The lowest BCUT2D eigenvalue weighted by Gasteiger charge is -2.12. The smallest absolute Gasteiger partial charge is 0.131 e. The summed E-state index contributed by atoms with van der Waals surface area (Å²) in [6.07, 6.45) is 1.01. The summed E-state index contributed by atoms with van der Waals surface area (Å²) in [4.78, 5) is 11.3. The molecule has 1 heteroatoms. The minimum absolute atomic E-state index is 0.157. The van der Waals surface area contributed by atoms with Crippen molar-refractivity contribution in [1.82, 2.24) is 0 Å². The predicted molar refractivity (Wildman–Crippen MR) is 70.3 cm³/mol. The first-order valence-corrected chi connectivity index (χ1v) is 5.80. The van der Waals surface area contributed by atoms with Crippen LogP contribution in [0.5, 0.6) is 0 Å². The Bertz CT molecular complexity index is 514. The lowest BCUT2D eigenvalue weighted by atomic mass is 9.91. The van der Waals surface area contributed by atoms with Crippen LogP contribution >= 0.6 is 0 Å². The number of aldehydes is 1. The molecular formula is C16H16O. The molecule has 0 radical (unpaired) electrons. The van der Waals surface area contributed by atoms with E-state index >= 15 is 0 Å². The van der Waals surface area contributed by atoms with Crippen molar-refractivity contribution in [2.75, 3.05) is 0 Å². The van der Waals surface area contributed by atoms with Crippen molar-refractivity contribution in [2.24, 2.45) is 0 Å². The van der Waals surface area contributed by atoms with Gasteiger partial charge in [-0.2, -0.15) is 0 Å². The molecular weight excluding hydrogens is 208 g/mol. The molecule has 0 N–H and O–H groups in total. The first kappa shape index (κ1) is 11.6. The van der Waals surface area contributed by atoms with E-state index in [0.717, 1.165) is 17.4 Å².